The smallest absolute Gasteiger partial charge is 0.387 e. The zero-order valence-corrected chi connectivity index (χ0v) is 13.8. The highest BCUT2D eigenvalue weighted by Gasteiger charge is 2.10. The number of nitrogens with zero attached hydrogens (tertiary/aromatic N) is 1. The summed E-state index contributed by atoms with van der Waals surface area (Å²) in [6, 6.07) is 13.0. The van der Waals surface area contributed by atoms with Crippen molar-refractivity contribution in [2.45, 2.75) is 13.2 Å². The second-order valence-electron chi connectivity index (χ2n) is 5.04. The summed E-state index contributed by atoms with van der Waals surface area (Å²) in [5, 5.41) is 8.72. The zero-order chi connectivity index (χ0) is 18.9. The predicted molar refractivity (Wildman–Crippen MR) is 89.6 cm³/mol. The fraction of sp³-hybridized carbons (Fsp3) is 0.158. The first-order valence-corrected chi connectivity index (χ1v) is 7.48. The molecule has 0 radical (unpaired) electrons. The van der Waals surface area contributed by atoms with Crippen LogP contribution in [0.25, 0.3) is 6.08 Å². The summed E-state index contributed by atoms with van der Waals surface area (Å²) in [4.78, 5) is 11.8. The minimum absolute atomic E-state index is 0.0688. The van der Waals surface area contributed by atoms with Gasteiger partial charge in [-0.3, -0.25) is 0 Å². The van der Waals surface area contributed by atoms with Crippen molar-refractivity contribution in [3.05, 3.63) is 65.2 Å². The molecule has 2 rings (SSSR count). The highest BCUT2D eigenvalue weighted by Crippen LogP contribution is 2.29. The molecule has 0 N–H and O–H groups in total. The van der Waals surface area contributed by atoms with Gasteiger partial charge in [0, 0.05) is 6.08 Å². The molecule has 0 atom stereocenters. The Labute approximate surface area is 149 Å². The van der Waals surface area contributed by atoms with Gasteiger partial charge in [-0.1, -0.05) is 18.2 Å². The molecule has 0 aliphatic rings. The van der Waals surface area contributed by atoms with E-state index >= 15 is 0 Å². The van der Waals surface area contributed by atoms with Crippen LogP contribution >= 0.6 is 0 Å². The lowest BCUT2D eigenvalue weighted by Crippen LogP contribution is -2.03. The molecule has 0 bridgehead atoms. The van der Waals surface area contributed by atoms with Gasteiger partial charge in [-0.2, -0.15) is 14.0 Å². The highest BCUT2D eigenvalue weighted by molar-refractivity contribution is 5.87. The molecule has 5 nitrogen and oxygen atoms in total. The van der Waals surface area contributed by atoms with E-state index in [4.69, 9.17) is 14.7 Å². The Morgan fingerprint density at radius 2 is 1.92 bits per heavy atom. The minimum atomic E-state index is -2.96. The van der Waals surface area contributed by atoms with Crippen LogP contribution in [0, 0.1) is 11.3 Å². The summed E-state index contributed by atoms with van der Waals surface area (Å²) in [7, 11) is 1.33. The maximum absolute atomic E-state index is 12.3. The van der Waals surface area contributed by atoms with Gasteiger partial charge in [-0.15, -0.1) is 0 Å². The monoisotopic (exact) mass is 359 g/mol. The minimum Gasteiger partial charge on any atom is -0.493 e. The largest absolute Gasteiger partial charge is 0.493 e. The van der Waals surface area contributed by atoms with Gasteiger partial charge in [0.15, 0.2) is 11.5 Å². The number of hydrogen-bond donors (Lipinski definition) is 0. The van der Waals surface area contributed by atoms with Crippen molar-refractivity contribution in [3.8, 4) is 17.6 Å². The van der Waals surface area contributed by atoms with E-state index in [1.165, 1.54) is 37.5 Å². The molecular formula is C19H15F2NO4. The van der Waals surface area contributed by atoms with E-state index in [2.05, 4.69) is 4.74 Å². The molecule has 2 aromatic rings. The predicted octanol–water partition coefficient (Wildman–Crippen LogP) is 3.92. The number of alkyl halides is 2. The Bertz CT molecular complexity index is 826. The first kappa shape index (κ1) is 18.9. The second kappa shape index (κ2) is 9.18. The summed E-state index contributed by atoms with van der Waals surface area (Å²) < 4.78 is 39.0. The van der Waals surface area contributed by atoms with Gasteiger partial charge in [0.1, 0.15) is 6.61 Å². The molecule has 0 fully saturated rings. The normalized spacial score (nSPS) is 10.6. The molecule has 0 heterocycles. The molecule has 0 aliphatic heterocycles. The number of benzene rings is 2. The number of rotatable bonds is 7. The van der Waals surface area contributed by atoms with Crippen molar-refractivity contribution in [1.82, 2.24) is 0 Å². The second-order valence-corrected chi connectivity index (χ2v) is 5.04. The third-order valence-corrected chi connectivity index (χ3v) is 3.28. The fourth-order valence-electron chi connectivity index (χ4n) is 2.02. The van der Waals surface area contributed by atoms with E-state index in [-0.39, 0.29) is 18.1 Å². The molecular weight excluding hydrogens is 344 g/mol. The van der Waals surface area contributed by atoms with Crippen LogP contribution in [0.4, 0.5) is 8.78 Å². The molecule has 26 heavy (non-hydrogen) atoms. The van der Waals surface area contributed by atoms with Gasteiger partial charge in [0.25, 0.3) is 0 Å². The SMILES string of the molecule is COc1cc(/C=C/C(=O)OCc2ccc(C#N)cc2)ccc1OC(F)F. The van der Waals surface area contributed by atoms with Crippen molar-refractivity contribution < 1.29 is 27.8 Å². The van der Waals surface area contributed by atoms with Gasteiger partial charge < -0.3 is 14.2 Å². The van der Waals surface area contributed by atoms with Crippen LogP contribution < -0.4 is 9.47 Å². The van der Waals surface area contributed by atoms with E-state index in [0.29, 0.717) is 11.1 Å². The lowest BCUT2D eigenvalue weighted by Gasteiger charge is -2.10. The molecule has 134 valence electrons. The van der Waals surface area contributed by atoms with Crippen LogP contribution in [0.15, 0.2) is 48.5 Å². The number of carbonyl (C=O) groups excluding carboxylic acids is 1. The summed E-state index contributed by atoms with van der Waals surface area (Å²) in [5.74, 6) is -0.539. The van der Waals surface area contributed by atoms with Gasteiger partial charge in [-0.25, -0.2) is 4.79 Å². The van der Waals surface area contributed by atoms with Gasteiger partial charge in [0.05, 0.1) is 18.7 Å². The number of halogens is 2. The molecule has 0 aliphatic carbocycles. The fourth-order valence-corrected chi connectivity index (χ4v) is 2.02. The number of hydrogen-bond acceptors (Lipinski definition) is 5. The van der Waals surface area contributed by atoms with E-state index < -0.39 is 12.6 Å². The molecule has 2 aromatic carbocycles. The van der Waals surface area contributed by atoms with Crippen LogP contribution in [0.3, 0.4) is 0 Å². The zero-order valence-electron chi connectivity index (χ0n) is 13.8. The Hall–Kier alpha value is -3.40. The van der Waals surface area contributed by atoms with Crippen molar-refractivity contribution in [1.29, 1.82) is 5.26 Å². The summed E-state index contributed by atoms with van der Waals surface area (Å²) >= 11 is 0. The van der Waals surface area contributed by atoms with Crippen LogP contribution in [-0.2, 0) is 16.1 Å². The van der Waals surface area contributed by atoms with Crippen molar-refractivity contribution >= 4 is 12.0 Å². The summed E-state index contributed by atoms with van der Waals surface area (Å²) in [5.41, 5.74) is 1.83. The molecule has 0 aromatic heterocycles. The average Bonchev–Trinajstić information content (AvgIpc) is 2.65. The quantitative estimate of drug-likeness (QED) is 0.553. The third-order valence-electron chi connectivity index (χ3n) is 3.28. The van der Waals surface area contributed by atoms with Crippen molar-refractivity contribution in [2.75, 3.05) is 7.11 Å². The maximum atomic E-state index is 12.3. The van der Waals surface area contributed by atoms with Gasteiger partial charge in [0.2, 0.25) is 0 Å². The summed E-state index contributed by atoms with van der Waals surface area (Å²) in [6.07, 6.45) is 2.68. The first-order valence-electron chi connectivity index (χ1n) is 7.48. The first-order chi connectivity index (χ1) is 12.5. The standard InChI is InChI=1S/C19H15F2NO4/c1-24-17-10-13(6-8-16(17)26-19(20)21)7-9-18(23)25-12-15-4-2-14(11-22)3-5-15/h2-10,19H,12H2,1H3/b9-7+. The number of esters is 1. The van der Waals surface area contributed by atoms with Crippen LogP contribution in [0.2, 0.25) is 0 Å². The van der Waals surface area contributed by atoms with E-state index in [9.17, 15) is 13.6 Å². The van der Waals surface area contributed by atoms with Crippen molar-refractivity contribution in [3.63, 3.8) is 0 Å². The topological polar surface area (TPSA) is 68.5 Å². The Kier molecular flexibility index (Phi) is 6.68. The molecule has 0 saturated heterocycles. The van der Waals surface area contributed by atoms with Gasteiger partial charge in [-0.05, 0) is 41.5 Å². The Balaban J connectivity index is 1.95. The number of methoxy groups -OCH3 is 1. The van der Waals surface area contributed by atoms with E-state index in [1.54, 1.807) is 24.3 Å². The lowest BCUT2D eigenvalue weighted by molar-refractivity contribution is -0.138. The number of nitriles is 1. The van der Waals surface area contributed by atoms with Gasteiger partial charge >= 0.3 is 12.6 Å². The highest BCUT2D eigenvalue weighted by atomic mass is 19.3. The van der Waals surface area contributed by atoms with Crippen LogP contribution in [0.1, 0.15) is 16.7 Å². The third kappa shape index (κ3) is 5.60. The average molecular weight is 359 g/mol. The van der Waals surface area contributed by atoms with Crippen molar-refractivity contribution in [2.24, 2.45) is 0 Å². The number of ether oxygens (including phenoxy) is 3. The van der Waals surface area contributed by atoms with Crippen LogP contribution in [-0.4, -0.2) is 19.7 Å². The molecule has 0 unspecified atom stereocenters. The van der Waals surface area contributed by atoms with Crippen LogP contribution in [0.5, 0.6) is 11.5 Å². The molecule has 0 amide bonds. The number of carbonyl (C=O) groups is 1. The lowest BCUT2D eigenvalue weighted by atomic mass is 10.1. The summed E-state index contributed by atoms with van der Waals surface area (Å²) in [6.45, 7) is -2.89. The van der Waals surface area contributed by atoms with E-state index in [1.807, 2.05) is 6.07 Å². The Morgan fingerprint density at radius 1 is 1.19 bits per heavy atom. The molecule has 0 saturated carbocycles. The van der Waals surface area contributed by atoms with E-state index in [0.717, 1.165) is 5.56 Å². The maximum Gasteiger partial charge on any atom is 0.387 e. The molecule has 7 heteroatoms. The molecule has 0 spiro atoms. The Morgan fingerprint density at radius 3 is 2.54 bits per heavy atom.